The molecule has 0 saturated heterocycles. The molecule has 1 saturated carbocycles. The van der Waals surface area contributed by atoms with Gasteiger partial charge < -0.3 is 10.4 Å². The van der Waals surface area contributed by atoms with E-state index in [9.17, 15) is 5.11 Å². The SMILES string of the molecule is CCNCc1cccc(SCC2(O)CCCCC2)c1. The molecule has 1 aromatic carbocycles. The third-order valence-electron chi connectivity index (χ3n) is 3.77. The molecule has 1 aromatic rings. The molecule has 1 aliphatic rings. The molecule has 2 rings (SSSR count). The zero-order valence-electron chi connectivity index (χ0n) is 11.8. The van der Waals surface area contributed by atoms with Gasteiger partial charge in [0.2, 0.25) is 0 Å². The second kappa shape index (κ2) is 7.32. The Morgan fingerprint density at radius 1 is 1.26 bits per heavy atom. The first-order valence-electron chi connectivity index (χ1n) is 7.37. The van der Waals surface area contributed by atoms with Gasteiger partial charge in [-0.15, -0.1) is 11.8 Å². The fourth-order valence-electron chi connectivity index (χ4n) is 2.59. The van der Waals surface area contributed by atoms with Crippen LogP contribution in [0.3, 0.4) is 0 Å². The summed E-state index contributed by atoms with van der Waals surface area (Å²) < 4.78 is 0. The van der Waals surface area contributed by atoms with Crippen molar-refractivity contribution in [2.75, 3.05) is 12.3 Å². The van der Waals surface area contributed by atoms with E-state index < -0.39 is 5.60 Å². The van der Waals surface area contributed by atoms with Gasteiger partial charge in [0.05, 0.1) is 5.60 Å². The third-order valence-corrected chi connectivity index (χ3v) is 5.04. The Bertz CT molecular complexity index is 388. The summed E-state index contributed by atoms with van der Waals surface area (Å²) in [5.74, 6) is 0.831. The van der Waals surface area contributed by atoms with Crippen molar-refractivity contribution < 1.29 is 5.11 Å². The molecule has 106 valence electrons. The van der Waals surface area contributed by atoms with Gasteiger partial charge >= 0.3 is 0 Å². The van der Waals surface area contributed by atoms with Crippen LogP contribution < -0.4 is 5.32 Å². The first kappa shape index (κ1) is 14.9. The van der Waals surface area contributed by atoms with Crippen molar-refractivity contribution in [3.05, 3.63) is 29.8 Å². The van der Waals surface area contributed by atoms with E-state index in [4.69, 9.17) is 0 Å². The van der Waals surface area contributed by atoms with E-state index in [2.05, 4.69) is 36.5 Å². The summed E-state index contributed by atoms with van der Waals surface area (Å²) in [5.41, 5.74) is 0.892. The Morgan fingerprint density at radius 2 is 2.05 bits per heavy atom. The quantitative estimate of drug-likeness (QED) is 0.781. The molecule has 19 heavy (non-hydrogen) atoms. The molecule has 0 unspecified atom stereocenters. The van der Waals surface area contributed by atoms with Crippen molar-refractivity contribution in [1.29, 1.82) is 0 Å². The van der Waals surface area contributed by atoms with Crippen LogP contribution in [0, 0.1) is 0 Å². The van der Waals surface area contributed by atoms with E-state index in [1.807, 2.05) is 0 Å². The molecule has 1 fully saturated rings. The summed E-state index contributed by atoms with van der Waals surface area (Å²) in [6, 6.07) is 8.65. The van der Waals surface area contributed by atoms with Crippen molar-refractivity contribution >= 4 is 11.8 Å². The highest BCUT2D eigenvalue weighted by atomic mass is 32.2. The van der Waals surface area contributed by atoms with Crippen LogP contribution in [0.25, 0.3) is 0 Å². The second-order valence-electron chi connectivity index (χ2n) is 5.50. The maximum absolute atomic E-state index is 10.5. The molecular formula is C16H25NOS. The maximum Gasteiger partial charge on any atom is 0.0741 e. The van der Waals surface area contributed by atoms with Crippen LogP contribution in [0.4, 0.5) is 0 Å². The van der Waals surface area contributed by atoms with E-state index >= 15 is 0 Å². The molecular weight excluding hydrogens is 254 g/mol. The molecule has 0 heterocycles. The van der Waals surface area contributed by atoms with Crippen LogP contribution in [-0.4, -0.2) is 23.0 Å². The fraction of sp³-hybridized carbons (Fsp3) is 0.625. The molecule has 0 aromatic heterocycles. The molecule has 2 N–H and O–H groups in total. The van der Waals surface area contributed by atoms with Gasteiger partial charge in [-0.1, -0.05) is 38.3 Å². The van der Waals surface area contributed by atoms with Crippen molar-refractivity contribution in [2.24, 2.45) is 0 Å². The number of aliphatic hydroxyl groups is 1. The highest BCUT2D eigenvalue weighted by Gasteiger charge is 2.28. The standard InChI is InChI=1S/C16H25NOS/c1-2-17-12-14-7-6-8-15(11-14)19-13-16(18)9-4-3-5-10-16/h6-8,11,17-18H,2-5,9-10,12-13H2,1H3. The van der Waals surface area contributed by atoms with E-state index in [0.29, 0.717) is 0 Å². The van der Waals surface area contributed by atoms with Gasteiger partial charge in [-0.05, 0) is 37.1 Å². The number of rotatable bonds is 6. The summed E-state index contributed by atoms with van der Waals surface area (Å²) in [6.45, 7) is 4.05. The molecule has 3 heteroatoms. The minimum atomic E-state index is -0.430. The number of hydrogen-bond donors (Lipinski definition) is 2. The van der Waals surface area contributed by atoms with Crippen LogP contribution >= 0.6 is 11.8 Å². The Balaban J connectivity index is 1.88. The molecule has 0 aliphatic heterocycles. The first-order chi connectivity index (χ1) is 9.22. The van der Waals surface area contributed by atoms with Crippen LogP contribution in [0.5, 0.6) is 0 Å². The van der Waals surface area contributed by atoms with Gasteiger partial charge in [-0.2, -0.15) is 0 Å². The van der Waals surface area contributed by atoms with E-state index in [1.54, 1.807) is 11.8 Å². The van der Waals surface area contributed by atoms with Crippen LogP contribution in [-0.2, 0) is 6.54 Å². The minimum Gasteiger partial charge on any atom is -0.389 e. The third kappa shape index (κ3) is 4.83. The largest absolute Gasteiger partial charge is 0.389 e. The zero-order chi connectivity index (χ0) is 13.6. The summed E-state index contributed by atoms with van der Waals surface area (Å²) in [6.07, 6.45) is 5.58. The lowest BCUT2D eigenvalue weighted by molar-refractivity contribution is 0.0273. The number of hydrogen-bond acceptors (Lipinski definition) is 3. The predicted molar refractivity (Wildman–Crippen MR) is 82.6 cm³/mol. The summed E-state index contributed by atoms with van der Waals surface area (Å²) in [5, 5.41) is 13.9. The summed E-state index contributed by atoms with van der Waals surface area (Å²) >= 11 is 1.80. The average molecular weight is 279 g/mol. The van der Waals surface area contributed by atoms with E-state index in [1.165, 1.54) is 29.7 Å². The van der Waals surface area contributed by atoms with Gasteiger partial charge in [-0.25, -0.2) is 0 Å². The van der Waals surface area contributed by atoms with E-state index in [0.717, 1.165) is 31.7 Å². The average Bonchev–Trinajstić information content (AvgIpc) is 2.44. The first-order valence-corrected chi connectivity index (χ1v) is 8.35. The van der Waals surface area contributed by atoms with Crippen molar-refractivity contribution in [1.82, 2.24) is 5.32 Å². The van der Waals surface area contributed by atoms with Crippen LogP contribution in [0.15, 0.2) is 29.2 Å². The predicted octanol–water partition coefficient (Wildman–Crippen LogP) is 3.58. The molecule has 0 radical (unpaired) electrons. The van der Waals surface area contributed by atoms with Crippen molar-refractivity contribution in [2.45, 2.75) is 56.1 Å². The van der Waals surface area contributed by atoms with Gasteiger partial charge in [0.25, 0.3) is 0 Å². The Labute approximate surface area is 121 Å². The van der Waals surface area contributed by atoms with Gasteiger partial charge in [0.1, 0.15) is 0 Å². The fourth-order valence-corrected chi connectivity index (χ4v) is 3.72. The van der Waals surface area contributed by atoms with Gasteiger partial charge in [0, 0.05) is 17.2 Å². The number of nitrogens with one attached hydrogen (secondary N) is 1. The van der Waals surface area contributed by atoms with Crippen LogP contribution in [0.2, 0.25) is 0 Å². The number of thioether (sulfide) groups is 1. The van der Waals surface area contributed by atoms with Crippen molar-refractivity contribution in [3.8, 4) is 0 Å². The molecule has 0 bridgehead atoms. The van der Waals surface area contributed by atoms with Gasteiger partial charge in [-0.3, -0.25) is 0 Å². The normalized spacial score (nSPS) is 18.4. The highest BCUT2D eigenvalue weighted by molar-refractivity contribution is 7.99. The zero-order valence-corrected chi connectivity index (χ0v) is 12.6. The Kier molecular flexibility index (Phi) is 5.74. The lowest BCUT2D eigenvalue weighted by Crippen LogP contribution is -2.33. The smallest absolute Gasteiger partial charge is 0.0741 e. The van der Waals surface area contributed by atoms with Gasteiger partial charge in [0.15, 0.2) is 0 Å². The topological polar surface area (TPSA) is 32.3 Å². The molecule has 1 aliphatic carbocycles. The van der Waals surface area contributed by atoms with E-state index in [-0.39, 0.29) is 0 Å². The summed E-state index contributed by atoms with van der Waals surface area (Å²) in [7, 11) is 0. The lowest BCUT2D eigenvalue weighted by atomic mass is 9.86. The second-order valence-corrected chi connectivity index (χ2v) is 6.55. The van der Waals surface area contributed by atoms with Crippen LogP contribution in [0.1, 0.15) is 44.6 Å². The Hall–Kier alpha value is -0.510. The molecule has 0 amide bonds. The number of benzene rings is 1. The molecule has 2 nitrogen and oxygen atoms in total. The minimum absolute atomic E-state index is 0.430. The molecule has 0 spiro atoms. The maximum atomic E-state index is 10.5. The summed E-state index contributed by atoms with van der Waals surface area (Å²) in [4.78, 5) is 1.27. The Morgan fingerprint density at radius 3 is 2.79 bits per heavy atom. The van der Waals surface area contributed by atoms with Crippen molar-refractivity contribution in [3.63, 3.8) is 0 Å². The molecule has 0 atom stereocenters. The highest BCUT2D eigenvalue weighted by Crippen LogP contribution is 2.33. The lowest BCUT2D eigenvalue weighted by Gasteiger charge is -2.31. The monoisotopic (exact) mass is 279 g/mol.